The molecule has 4 N–H and O–H groups in total. The second-order valence-electron chi connectivity index (χ2n) is 5.53. The summed E-state index contributed by atoms with van der Waals surface area (Å²) in [6.45, 7) is 2.23. The topological polar surface area (TPSA) is 149 Å². The van der Waals surface area contributed by atoms with Gasteiger partial charge >= 0.3 is 23.9 Å². The monoisotopic (exact) mass is 390 g/mol. The van der Waals surface area contributed by atoms with Crippen LogP contribution in [0.5, 0.6) is 0 Å². The zero-order valence-electron chi connectivity index (χ0n) is 15.4. The van der Waals surface area contributed by atoms with E-state index in [4.69, 9.17) is 20.4 Å². The van der Waals surface area contributed by atoms with E-state index in [2.05, 4.69) is 48.5 Å². The smallest absolute Gasteiger partial charge is 0.317 e. The zero-order chi connectivity index (χ0) is 21.7. The number of carboxylic acids is 4. The Morgan fingerprint density at radius 1 is 0.536 bits per heavy atom. The summed E-state index contributed by atoms with van der Waals surface area (Å²) in [7, 11) is 0. The van der Waals surface area contributed by atoms with Crippen LogP contribution in [0, 0.1) is 11.8 Å². The fourth-order valence-corrected chi connectivity index (χ4v) is 1.47. The van der Waals surface area contributed by atoms with Gasteiger partial charge in [0, 0.05) is 0 Å². The number of carboxylic acid groups (broad SMARTS) is 4. The van der Waals surface area contributed by atoms with E-state index in [1.165, 1.54) is 11.1 Å². The predicted molar refractivity (Wildman–Crippen MR) is 101 cm³/mol. The van der Waals surface area contributed by atoms with Gasteiger partial charge in [-0.3, -0.25) is 19.2 Å². The van der Waals surface area contributed by atoms with E-state index in [0.29, 0.717) is 0 Å². The number of benzene rings is 2. The highest BCUT2D eigenvalue weighted by Crippen LogP contribution is 2.17. The highest BCUT2D eigenvalue weighted by Gasteiger charge is 2.18. The van der Waals surface area contributed by atoms with Crippen LogP contribution in [0.25, 0.3) is 11.1 Å². The third-order valence-electron chi connectivity index (χ3n) is 3.36. The Labute approximate surface area is 161 Å². The molecule has 0 aliphatic carbocycles. The molecule has 0 saturated carbocycles. The van der Waals surface area contributed by atoms with Gasteiger partial charge in [-0.15, -0.1) is 0 Å². The number of carbonyl (C=O) groups is 4. The molecule has 8 heteroatoms. The molecular formula is C20H22O8. The molecule has 0 spiro atoms. The van der Waals surface area contributed by atoms with Gasteiger partial charge in [0.15, 0.2) is 11.8 Å². The largest absolute Gasteiger partial charge is 0.481 e. The van der Waals surface area contributed by atoms with Gasteiger partial charge in [-0.1, -0.05) is 60.7 Å². The Morgan fingerprint density at radius 2 is 0.750 bits per heavy atom. The van der Waals surface area contributed by atoms with Gasteiger partial charge in [0.05, 0.1) is 0 Å². The minimum atomic E-state index is -1.31. The lowest BCUT2D eigenvalue weighted by Gasteiger charge is -1.98. The van der Waals surface area contributed by atoms with Crippen molar-refractivity contribution < 1.29 is 39.6 Å². The maximum absolute atomic E-state index is 9.76. The average molecular weight is 390 g/mol. The van der Waals surface area contributed by atoms with Crippen molar-refractivity contribution in [2.75, 3.05) is 0 Å². The van der Waals surface area contributed by atoms with Crippen LogP contribution in [-0.4, -0.2) is 44.3 Å². The summed E-state index contributed by atoms with van der Waals surface area (Å²) in [5.41, 5.74) is 2.55. The molecule has 0 unspecified atom stereocenters. The van der Waals surface area contributed by atoms with Crippen molar-refractivity contribution in [3.8, 4) is 11.1 Å². The second kappa shape index (κ2) is 12.6. The van der Waals surface area contributed by atoms with Gasteiger partial charge in [0.25, 0.3) is 0 Å². The zero-order valence-corrected chi connectivity index (χ0v) is 15.4. The SMILES string of the molecule is CC(C(=O)O)C(=O)O.CC(C(=O)O)C(=O)O.c1ccc(-c2ccccc2)cc1. The van der Waals surface area contributed by atoms with E-state index < -0.39 is 35.7 Å². The molecule has 0 radical (unpaired) electrons. The minimum Gasteiger partial charge on any atom is -0.481 e. The van der Waals surface area contributed by atoms with Crippen molar-refractivity contribution in [2.45, 2.75) is 13.8 Å². The van der Waals surface area contributed by atoms with Gasteiger partial charge in [0.1, 0.15) is 0 Å². The molecule has 150 valence electrons. The van der Waals surface area contributed by atoms with Crippen LogP contribution in [0.2, 0.25) is 0 Å². The van der Waals surface area contributed by atoms with Crippen LogP contribution in [0.4, 0.5) is 0 Å². The molecule has 0 bridgehead atoms. The maximum Gasteiger partial charge on any atom is 0.317 e. The summed E-state index contributed by atoms with van der Waals surface area (Å²) in [5, 5.41) is 31.9. The summed E-state index contributed by atoms with van der Waals surface area (Å²) in [6.07, 6.45) is 0. The summed E-state index contributed by atoms with van der Waals surface area (Å²) >= 11 is 0. The van der Waals surface area contributed by atoms with Crippen LogP contribution in [-0.2, 0) is 19.2 Å². The highest BCUT2D eigenvalue weighted by atomic mass is 16.4. The fraction of sp³-hybridized carbons (Fsp3) is 0.200. The molecule has 0 aliphatic rings. The molecular weight excluding hydrogens is 368 g/mol. The minimum absolute atomic E-state index is 1.12. The van der Waals surface area contributed by atoms with Crippen LogP contribution in [0.1, 0.15) is 13.8 Å². The standard InChI is InChI=1S/C12H10.2C4H6O4/c1-3-7-11(8-4-1)12-9-5-2-6-10-12;2*1-2(3(5)6)4(7)8/h1-10H;2*2H,1H3,(H,5,6)(H,7,8). The Morgan fingerprint density at radius 3 is 0.893 bits per heavy atom. The number of hydrogen-bond acceptors (Lipinski definition) is 4. The molecule has 0 atom stereocenters. The molecule has 28 heavy (non-hydrogen) atoms. The Bertz CT molecular complexity index is 676. The van der Waals surface area contributed by atoms with Crippen molar-refractivity contribution in [3.63, 3.8) is 0 Å². The molecule has 2 aromatic rings. The van der Waals surface area contributed by atoms with E-state index in [1.807, 2.05) is 12.1 Å². The van der Waals surface area contributed by atoms with Gasteiger partial charge in [0.2, 0.25) is 0 Å². The molecule has 0 heterocycles. The first-order chi connectivity index (χ1) is 13.1. The maximum atomic E-state index is 9.76. The van der Waals surface area contributed by atoms with Crippen LogP contribution in [0.3, 0.4) is 0 Å². The van der Waals surface area contributed by atoms with Crippen molar-refractivity contribution in [3.05, 3.63) is 60.7 Å². The van der Waals surface area contributed by atoms with Crippen molar-refractivity contribution in [1.82, 2.24) is 0 Å². The molecule has 0 fully saturated rings. The van der Waals surface area contributed by atoms with Gasteiger partial charge in [-0.25, -0.2) is 0 Å². The third kappa shape index (κ3) is 9.71. The van der Waals surface area contributed by atoms with E-state index in [1.54, 1.807) is 0 Å². The quantitative estimate of drug-likeness (QED) is 0.569. The molecule has 8 nitrogen and oxygen atoms in total. The predicted octanol–water partition coefficient (Wildman–Crippen LogP) is 2.94. The molecule has 2 aromatic carbocycles. The summed E-state index contributed by atoms with van der Waals surface area (Å²) in [5.74, 6) is -7.82. The lowest BCUT2D eigenvalue weighted by atomic mass is 10.1. The number of rotatable bonds is 5. The molecule has 2 rings (SSSR count). The van der Waals surface area contributed by atoms with Crippen LogP contribution >= 0.6 is 0 Å². The van der Waals surface area contributed by atoms with E-state index in [0.717, 1.165) is 13.8 Å². The van der Waals surface area contributed by atoms with Crippen molar-refractivity contribution in [2.24, 2.45) is 11.8 Å². The number of hydrogen-bond donors (Lipinski definition) is 4. The second-order valence-corrected chi connectivity index (χ2v) is 5.53. The first-order valence-electron chi connectivity index (χ1n) is 8.09. The van der Waals surface area contributed by atoms with E-state index >= 15 is 0 Å². The first kappa shape index (κ1) is 24.3. The third-order valence-corrected chi connectivity index (χ3v) is 3.36. The van der Waals surface area contributed by atoms with E-state index in [-0.39, 0.29) is 0 Å². The van der Waals surface area contributed by atoms with Crippen molar-refractivity contribution in [1.29, 1.82) is 0 Å². The van der Waals surface area contributed by atoms with Gasteiger partial charge in [-0.2, -0.15) is 0 Å². The Balaban J connectivity index is 0.000000408. The molecule has 0 saturated heterocycles. The summed E-state index contributed by atoms with van der Waals surface area (Å²) < 4.78 is 0. The Kier molecular flexibility index (Phi) is 11.0. The fourth-order valence-electron chi connectivity index (χ4n) is 1.47. The summed E-state index contributed by atoms with van der Waals surface area (Å²) in [6, 6.07) is 20.8. The lowest BCUT2D eigenvalue weighted by Crippen LogP contribution is -2.19. The average Bonchev–Trinajstić information content (AvgIpc) is 2.68. The highest BCUT2D eigenvalue weighted by molar-refractivity contribution is 5.92. The van der Waals surface area contributed by atoms with Crippen molar-refractivity contribution >= 4 is 23.9 Å². The first-order valence-corrected chi connectivity index (χ1v) is 8.09. The molecule has 0 aromatic heterocycles. The van der Waals surface area contributed by atoms with Crippen LogP contribution in [0.15, 0.2) is 60.7 Å². The summed E-state index contributed by atoms with van der Waals surface area (Å²) in [4.78, 5) is 39.0. The van der Waals surface area contributed by atoms with Gasteiger partial charge < -0.3 is 20.4 Å². The van der Waals surface area contributed by atoms with Gasteiger partial charge in [-0.05, 0) is 25.0 Å². The normalized spacial score (nSPS) is 9.43. The number of aliphatic carboxylic acids is 4. The molecule has 0 aliphatic heterocycles. The van der Waals surface area contributed by atoms with Crippen LogP contribution < -0.4 is 0 Å². The van der Waals surface area contributed by atoms with E-state index in [9.17, 15) is 19.2 Å². The molecule has 0 amide bonds. The Hall–Kier alpha value is -3.68. The lowest BCUT2D eigenvalue weighted by molar-refractivity contribution is -0.155.